The molecule has 190 valence electrons. The Morgan fingerprint density at radius 1 is 1.06 bits per heavy atom. The third kappa shape index (κ3) is 5.79. The quantitative estimate of drug-likeness (QED) is 0.312. The van der Waals surface area contributed by atoms with Gasteiger partial charge in [-0.1, -0.05) is 18.2 Å². The van der Waals surface area contributed by atoms with Gasteiger partial charge in [-0.3, -0.25) is 0 Å². The van der Waals surface area contributed by atoms with Gasteiger partial charge in [0.15, 0.2) is 0 Å². The molecular weight excluding hydrogens is 477 g/mol. The van der Waals surface area contributed by atoms with Gasteiger partial charge < -0.3 is 9.80 Å². The van der Waals surface area contributed by atoms with Crippen LogP contribution < -0.4 is 0 Å². The molecule has 0 saturated carbocycles. The Hall–Kier alpha value is -3.04. The summed E-state index contributed by atoms with van der Waals surface area (Å²) in [4.78, 5) is 16.1. The minimum absolute atomic E-state index is 0.0572. The standard InChI is InChI=1S/C25H25F7N2O/c1-14-7-8-34(22(9-14)21-6-5-20(26)10-15(21)2)23(35)33(4)16(3)17-11-18(24(27,28)29)13-19(12-17)25(30,31)32/h5-6,10-13,16,22H,1,7-9H2,2-4H3/t16-,22?/m1/s1. The van der Waals surface area contributed by atoms with Crippen molar-refractivity contribution in [3.8, 4) is 0 Å². The monoisotopic (exact) mass is 502 g/mol. The zero-order valence-electron chi connectivity index (χ0n) is 19.4. The molecule has 1 fully saturated rings. The average molecular weight is 502 g/mol. The number of carbonyl (C=O) groups excluding carboxylic acids is 1. The fourth-order valence-corrected chi connectivity index (χ4v) is 4.25. The highest BCUT2D eigenvalue weighted by molar-refractivity contribution is 5.76. The third-order valence-electron chi connectivity index (χ3n) is 6.38. The fourth-order valence-electron chi connectivity index (χ4n) is 4.25. The molecule has 0 radical (unpaired) electrons. The lowest BCUT2D eigenvalue weighted by Gasteiger charge is -2.41. The predicted octanol–water partition coefficient (Wildman–Crippen LogP) is 7.68. The molecule has 0 spiro atoms. The smallest absolute Gasteiger partial charge is 0.321 e. The van der Waals surface area contributed by atoms with Gasteiger partial charge in [-0.15, -0.1) is 0 Å². The molecule has 1 heterocycles. The number of halogens is 7. The van der Waals surface area contributed by atoms with E-state index in [9.17, 15) is 35.5 Å². The highest BCUT2D eigenvalue weighted by Gasteiger charge is 2.39. The molecular formula is C25H25F7N2O. The maximum atomic E-state index is 13.6. The van der Waals surface area contributed by atoms with Crippen LogP contribution in [0.5, 0.6) is 0 Å². The van der Waals surface area contributed by atoms with Crippen molar-refractivity contribution in [2.75, 3.05) is 13.6 Å². The normalized spacial score (nSPS) is 17.9. The fraction of sp³-hybridized carbons (Fsp3) is 0.400. The van der Waals surface area contributed by atoms with Crippen molar-refractivity contribution in [3.63, 3.8) is 0 Å². The molecule has 3 rings (SSSR count). The van der Waals surface area contributed by atoms with Crippen LogP contribution in [0.3, 0.4) is 0 Å². The van der Waals surface area contributed by atoms with Gasteiger partial charge in [0, 0.05) is 13.6 Å². The van der Waals surface area contributed by atoms with Gasteiger partial charge in [-0.05, 0) is 73.7 Å². The lowest BCUT2D eigenvalue weighted by molar-refractivity contribution is -0.143. The number of hydrogen-bond donors (Lipinski definition) is 0. The van der Waals surface area contributed by atoms with Crippen molar-refractivity contribution >= 4 is 6.03 Å². The number of benzene rings is 2. The number of piperidine rings is 1. The molecule has 0 aliphatic carbocycles. The van der Waals surface area contributed by atoms with Crippen LogP contribution in [0.2, 0.25) is 0 Å². The number of nitrogens with zero attached hydrogens (tertiary/aromatic N) is 2. The maximum Gasteiger partial charge on any atom is 0.416 e. The molecule has 2 amide bonds. The first-order valence-electron chi connectivity index (χ1n) is 10.8. The zero-order valence-corrected chi connectivity index (χ0v) is 19.4. The molecule has 0 N–H and O–H groups in total. The Labute approximate surface area is 198 Å². The summed E-state index contributed by atoms with van der Waals surface area (Å²) in [5, 5.41) is 0. The van der Waals surface area contributed by atoms with Crippen LogP contribution in [0.1, 0.15) is 59.7 Å². The summed E-state index contributed by atoms with van der Waals surface area (Å²) < 4.78 is 93.4. The first-order chi connectivity index (χ1) is 16.1. The molecule has 2 atom stereocenters. The second-order valence-electron chi connectivity index (χ2n) is 8.82. The van der Waals surface area contributed by atoms with Crippen molar-refractivity contribution in [2.45, 2.75) is 51.1 Å². The summed E-state index contributed by atoms with van der Waals surface area (Å²) in [5.41, 5.74) is -0.982. The number of amides is 2. The van der Waals surface area contributed by atoms with Gasteiger partial charge in [0.1, 0.15) is 5.82 Å². The number of rotatable bonds is 3. The second kappa shape index (κ2) is 9.54. The number of carbonyl (C=O) groups is 1. The first kappa shape index (κ1) is 26.6. The number of hydrogen-bond acceptors (Lipinski definition) is 1. The van der Waals surface area contributed by atoms with E-state index < -0.39 is 47.4 Å². The molecule has 1 unspecified atom stereocenters. The topological polar surface area (TPSA) is 23.6 Å². The van der Waals surface area contributed by atoms with Crippen LogP contribution in [0.4, 0.5) is 35.5 Å². The highest BCUT2D eigenvalue weighted by atomic mass is 19.4. The Kier molecular flexibility index (Phi) is 7.24. The number of aryl methyl sites for hydroxylation is 1. The number of alkyl halides is 6. The molecule has 2 aromatic rings. The lowest BCUT2D eigenvalue weighted by atomic mass is 9.90. The third-order valence-corrected chi connectivity index (χ3v) is 6.38. The van der Waals surface area contributed by atoms with Gasteiger partial charge in [-0.2, -0.15) is 26.3 Å². The highest BCUT2D eigenvalue weighted by Crippen LogP contribution is 2.40. The van der Waals surface area contributed by atoms with Crippen LogP contribution >= 0.6 is 0 Å². The molecule has 35 heavy (non-hydrogen) atoms. The molecule has 0 bridgehead atoms. The van der Waals surface area contributed by atoms with E-state index in [1.54, 1.807) is 13.0 Å². The minimum Gasteiger partial charge on any atom is -0.321 e. The summed E-state index contributed by atoms with van der Waals surface area (Å²) in [7, 11) is 1.33. The van der Waals surface area contributed by atoms with Gasteiger partial charge in [0.25, 0.3) is 0 Å². The van der Waals surface area contributed by atoms with Crippen LogP contribution in [0.25, 0.3) is 0 Å². The molecule has 10 heteroatoms. The van der Waals surface area contributed by atoms with E-state index in [0.717, 1.165) is 10.5 Å². The zero-order chi connectivity index (χ0) is 26.3. The summed E-state index contributed by atoms with van der Waals surface area (Å²) >= 11 is 0. The van der Waals surface area contributed by atoms with Gasteiger partial charge in [0.05, 0.1) is 23.2 Å². The van der Waals surface area contributed by atoms with Crippen molar-refractivity contribution in [3.05, 3.63) is 82.2 Å². The Morgan fingerprint density at radius 2 is 1.63 bits per heavy atom. The van der Waals surface area contributed by atoms with E-state index in [2.05, 4.69) is 6.58 Å². The van der Waals surface area contributed by atoms with E-state index in [1.807, 2.05) is 0 Å². The van der Waals surface area contributed by atoms with Crippen LogP contribution in [-0.4, -0.2) is 29.4 Å². The van der Waals surface area contributed by atoms with Crippen molar-refractivity contribution < 1.29 is 35.5 Å². The van der Waals surface area contributed by atoms with E-state index in [0.29, 0.717) is 36.1 Å². The van der Waals surface area contributed by atoms with Crippen molar-refractivity contribution in [2.24, 2.45) is 0 Å². The average Bonchev–Trinajstić information content (AvgIpc) is 2.76. The number of urea groups is 1. The van der Waals surface area contributed by atoms with Crippen LogP contribution in [-0.2, 0) is 12.4 Å². The van der Waals surface area contributed by atoms with Crippen LogP contribution in [0, 0.1) is 12.7 Å². The molecule has 3 nitrogen and oxygen atoms in total. The van der Waals surface area contributed by atoms with E-state index in [1.165, 1.54) is 31.0 Å². The molecule has 1 saturated heterocycles. The summed E-state index contributed by atoms with van der Waals surface area (Å²) in [6, 6.07) is 3.34. The maximum absolute atomic E-state index is 13.6. The number of likely N-dealkylation sites (tertiary alicyclic amines) is 1. The largest absolute Gasteiger partial charge is 0.416 e. The van der Waals surface area contributed by atoms with E-state index in [-0.39, 0.29) is 18.2 Å². The van der Waals surface area contributed by atoms with Gasteiger partial charge in [-0.25, -0.2) is 9.18 Å². The Balaban J connectivity index is 1.96. The lowest BCUT2D eigenvalue weighted by Crippen LogP contribution is -2.46. The van der Waals surface area contributed by atoms with Crippen LogP contribution in [0.15, 0.2) is 48.6 Å². The second-order valence-corrected chi connectivity index (χ2v) is 8.82. The SMILES string of the molecule is C=C1CCN(C(=O)N(C)[C@H](C)c2cc(C(F)(F)F)cc(C(F)(F)F)c2)C(c2ccc(F)cc2C)C1. The minimum atomic E-state index is -4.99. The van der Waals surface area contributed by atoms with Crippen molar-refractivity contribution in [1.29, 1.82) is 0 Å². The van der Waals surface area contributed by atoms with E-state index in [4.69, 9.17) is 0 Å². The summed E-state index contributed by atoms with van der Waals surface area (Å²) in [6.07, 6.45) is -9.08. The molecule has 2 aromatic carbocycles. The Bertz CT molecular complexity index is 1090. The Morgan fingerprint density at radius 3 is 2.14 bits per heavy atom. The van der Waals surface area contributed by atoms with Crippen molar-refractivity contribution in [1.82, 2.24) is 9.80 Å². The molecule has 0 aromatic heterocycles. The predicted molar refractivity (Wildman–Crippen MR) is 117 cm³/mol. The molecule has 1 aliphatic rings. The summed E-state index contributed by atoms with van der Waals surface area (Å²) in [6.45, 7) is 7.31. The summed E-state index contributed by atoms with van der Waals surface area (Å²) in [5.74, 6) is -0.436. The van der Waals surface area contributed by atoms with Gasteiger partial charge in [0.2, 0.25) is 0 Å². The molecule has 1 aliphatic heterocycles. The van der Waals surface area contributed by atoms with Gasteiger partial charge >= 0.3 is 18.4 Å². The van der Waals surface area contributed by atoms with E-state index >= 15 is 0 Å². The first-order valence-corrected chi connectivity index (χ1v) is 10.8.